The van der Waals surface area contributed by atoms with Crippen LogP contribution in [0.15, 0.2) is 68.8 Å². The molecule has 3 N–H and O–H groups in total. The van der Waals surface area contributed by atoms with E-state index in [0.29, 0.717) is 30.7 Å². The Bertz CT molecular complexity index is 855. The Morgan fingerprint density at radius 3 is 2.67 bits per heavy atom. The molecule has 7 heteroatoms. The van der Waals surface area contributed by atoms with Crippen molar-refractivity contribution >= 4 is 5.96 Å². The van der Waals surface area contributed by atoms with Crippen LogP contribution in [0.2, 0.25) is 0 Å². The van der Waals surface area contributed by atoms with E-state index in [1.807, 2.05) is 37.3 Å². The molecule has 0 saturated heterocycles. The van der Waals surface area contributed by atoms with Crippen molar-refractivity contribution in [1.29, 1.82) is 0 Å². The molecule has 0 fully saturated rings. The lowest BCUT2D eigenvalue weighted by Gasteiger charge is -2.22. The predicted octanol–water partition coefficient (Wildman–Crippen LogP) is 2.90. The fraction of sp³-hybridized carbons (Fsp3) is 0.300. The van der Waals surface area contributed by atoms with Gasteiger partial charge in [-0.15, -0.1) is 0 Å². The number of nitrogens with one attached hydrogen (secondary N) is 2. The minimum absolute atomic E-state index is 0.250. The normalized spacial score (nSPS) is 14.0. The number of guanidine groups is 1. The first-order valence-electron chi connectivity index (χ1n) is 8.87. The predicted molar refractivity (Wildman–Crippen MR) is 103 cm³/mol. The number of aliphatic hydroxyl groups is 1. The van der Waals surface area contributed by atoms with E-state index in [9.17, 15) is 5.11 Å². The van der Waals surface area contributed by atoms with Crippen molar-refractivity contribution in [3.05, 3.63) is 66.4 Å². The van der Waals surface area contributed by atoms with E-state index in [1.54, 1.807) is 25.3 Å². The number of hydrogen-bond acceptors (Lipinski definition) is 5. The van der Waals surface area contributed by atoms with E-state index in [-0.39, 0.29) is 6.54 Å². The van der Waals surface area contributed by atoms with E-state index in [4.69, 9.17) is 8.83 Å². The third kappa shape index (κ3) is 4.98. The highest BCUT2D eigenvalue weighted by atomic mass is 16.4. The molecule has 0 saturated carbocycles. The summed E-state index contributed by atoms with van der Waals surface area (Å²) in [5.41, 5.74) is 0.504. The zero-order valence-electron chi connectivity index (χ0n) is 15.5. The van der Waals surface area contributed by atoms with E-state index in [1.165, 1.54) is 6.26 Å². The Hall–Kier alpha value is -3.06. The van der Waals surface area contributed by atoms with Crippen LogP contribution in [0.25, 0.3) is 11.5 Å². The maximum atomic E-state index is 10.5. The second-order valence-electron chi connectivity index (χ2n) is 6.31. The summed E-state index contributed by atoms with van der Waals surface area (Å²) in [5.74, 6) is 1.64. The number of oxazole rings is 1. The molecule has 1 unspecified atom stereocenters. The molecule has 2 aromatic heterocycles. The van der Waals surface area contributed by atoms with Gasteiger partial charge in [0.25, 0.3) is 0 Å². The van der Waals surface area contributed by atoms with Crippen LogP contribution in [0.3, 0.4) is 0 Å². The van der Waals surface area contributed by atoms with Crippen LogP contribution in [-0.4, -0.2) is 29.1 Å². The lowest BCUT2D eigenvalue weighted by atomic mass is 10.0. The summed E-state index contributed by atoms with van der Waals surface area (Å²) in [6.07, 6.45) is 3.15. The van der Waals surface area contributed by atoms with Crippen LogP contribution in [0.4, 0.5) is 0 Å². The summed E-state index contributed by atoms with van der Waals surface area (Å²) in [6.45, 7) is 4.97. The molecule has 0 spiro atoms. The van der Waals surface area contributed by atoms with E-state index >= 15 is 0 Å². The van der Waals surface area contributed by atoms with Crippen LogP contribution in [0, 0.1) is 0 Å². The highest BCUT2D eigenvalue weighted by Crippen LogP contribution is 2.20. The first-order chi connectivity index (χ1) is 13.1. The highest BCUT2D eigenvalue weighted by Gasteiger charge is 2.26. The molecule has 142 valence electrons. The Morgan fingerprint density at radius 1 is 1.15 bits per heavy atom. The van der Waals surface area contributed by atoms with E-state index in [0.717, 1.165) is 11.3 Å². The first kappa shape index (κ1) is 18.7. The number of hydrogen-bond donors (Lipinski definition) is 3. The van der Waals surface area contributed by atoms with Crippen LogP contribution < -0.4 is 10.6 Å². The maximum absolute atomic E-state index is 10.5. The summed E-state index contributed by atoms with van der Waals surface area (Å²) in [6, 6.07) is 13.2. The average Bonchev–Trinajstić information content (AvgIpc) is 3.37. The molecule has 0 radical (unpaired) electrons. The standard InChI is InChI=1S/C20H24N4O3/c1-3-21-19(23-14-20(2,25)17-10-7-11-26-17)22-12-16-13-27-18(24-16)15-8-5-4-6-9-15/h4-11,13,25H,3,12,14H2,1-2H3,(H2,21,22,23). The SMILES string of the molecule is CCNC(=NCc1coc(-c2ccccc2)n1)NCC(C)(O)c1ccco1. The molecule has 0 aliphatic rings. The zero-order valence-corrected chi connectivity index (χ0v) is 15.5. The van der Waals surface area contributed by atoms with Crippen molar-refractivity contribution < 1.29 is 13.9 Å². The van der Waals surface area contributed by atoms with Gasteiger partial charge in [-0.25, -0.2) is 9.98 Å². The molecule has 0 aliphatic heterocycles. The molecule has 1 aromatic carbocycles. The number of nitrogens with zero attached hydrogens (tertiary/aromatic N) is 2. The number of benzene rings is 1. The van der Waals surface area contributed by atoms with Gasteiger partial charge in [0.15, 0.2) is 5.96 Å². The van der Waals surface area contributed by atoms with Gasteiger partial charge in [0.1, 0.15) is 23.3 Å². The molecule has 27 heavy (non-hydrogen) atoms. The molecule has 3 rings (SSSR count). The molecular weight excluding hydrogens is 344 g/mol. The second-order valence-corrected chi connectivity index (χ2v) is 6.31. The van der Waals surface area contributed by atoms with Gasteiger partial charge in [-0.05, 0) is 38.1 Å². The van der Waals surface area contributed by atoms with Crippen molar-refractivity contribution in [1.82, 2.24) is 15.6 Å². The number of aromatic nitrogens is 1. The van der Waals surface area contributed by atoms with Gasteiger partial charge in [0.2, 0.25) is 5.89 Å². The minimum Gasteiger partial charge on any atom is -0.466 e. The highest BCUT2D eigenvalue weighted by molar-refractivity contribution is 5.79. The van der Waals surface area contributed by atoms with Gasteiger partial charge in [-0.2, -0.15) is 0 Å². The van der Waals surface area contributed by atoms with Crippen molar-refractivity contribution in [3.63, 3.8) is 0 Å². The first-order valence-corrected chi connectivity index (χ1v) is 8.87. The molecule has 0 bridgehead atoms. The van der Waals surface area contributed by atoms with Gasteiger partial charge in [-0.1, -0.05) is 18.2 Å². The molecule has 1 atom stereocenters. The topological polar surface area (TPSA) is 95.8 Å². The van der Waals surface area contributed by atoms with Crippen molar-refractivity contribution in [2.45, 2.75) is 26.0 Å². The smallest absolute Gasteiger partial charge is 0.226 e. The molecule has 7 nitrogen and oxygen atoms in total. The van der Waals surface area contributed by atoms with Gasteiger partial charge in [-0.3, -0.25) is 0 Å². The monoisotopic (exact) mass is 368 g/mol. The Morgan fingerprint density at radius 2 is 1.96 bits per heavy atom. The summed E-state index contributed by atoms with van der Waals surface area (Å²) in [4.78, 5) is 8.97. The van der Waals surface area contributed by atoms with Gasteiger partial charge in [0, 0.05) is 12.1 Å². The molecule has 2 heterocycles. The molecule has 0 amide bonds. The number of rotatable bonds is 7. The molecular formula is C20H24N4O3. The molecule has 3 aromatic rings. The Balaban J connectivity index is 1.63. The summed E-state index contributed by atoms with van der Waals surface area (Å²) in [5, 5.41) is 16.8. The van der Waals surface area contributed by atoms with Gasteiger partial charge < -0.3 is 24.6 Å². The van der Waals surface area contributed by atoms with Gasteiger partial charge in [0.05, 0.1) is 19.4 Å². The van der Waals surface area contributed by atoms with Crippen LogP contribution in [-0.2, 0) is 12.1 Å². The van der Waals surface area contributed by atoms with Crippen molar-refractivity contribution in [2.24, 2.45) is 4.99 Å². The number of furan rings is 1. The van der Waals surface area contributed by atoms with E-state index in [2.05, 4.69) is 20.6 Å². The fourth-order valence-corrected chi connectivity index (χ4v) is 2.52. The Labute approximate surface area is 158 Å². The average molecular weight is 368 g/mol. The Kier molecular flexibility index (Phi) is 5.93. The lowest BCUT2D eigenvalue weighted by Crippen LogP contribution is -2.44. The van der Waals surface area contributed by atoms with E-state index < -0.39 is 5.60 Å². The van der Waals surface area contributed by atoms with Crippen LogP contribution in [0.1, 0.15) is 25.3 Å². The third-order valence-electron chi connectivity index (χ3n) is 3.97. The summed E-state index contributed by atoms with van der Waals surface area (Å²) >= 11 is 0. The number of aliphatic imine (C=N–C) groups is 1. The summed E-state index contributed by atoms with van der Waals surface area (Å²) in [7, 11) is 0. The molecule has 0 aliphatic carbocycles. The van der Waals surface area contributed by atoms with Crippen molar-refractivity contribution in [3.8, 4) is 11.5 Å². The third-order valence-corrected chi connectivity index (χ3v) is 3.97. The lowest BCUT2D eigenvalue weighted by molar-refractivity contribution is 0.0386. The minimum atomic E-state index is -1.14. The summed E-state index contributed by atoms with van der Waals surface area (Å²) < 4.78 is 10.8. The van der Waals surface area contributed by atoms with Crippen LogP contribution in [0.5, 0.6) is 0 Å². The maximum Gasteiger partial charge on any atom is 0.226 e. The van der Waals surface area contributed by atoms with Crippen molar-refractivity contribution in [2.75, 3.05) is 13.1 Å². The fourth-order valence-electron chi connectivity index (χ4n) is 2.52. The van der Waals surface area contributed by atoms with Crippen LogP contribution >= 0.6 is 0 Å². The van der Waals surface area contributed by atoms with Gasteiger partial charge >= 0.3 is 0 Å². The quantitative estimate of drug-likeness (QED) is 0.438. The largest absolute Gasteiger partial charge is 0.466 e. The zero-order chi connectivity index (χ0) is 19.1. The second kappa shape index (κ2) is 8.55.